The Morgan fingerprint density at radius 2 is 1.52 bits per heavy atom. The number of hydrogen-bond donors (Lipinski definition) is 9. The molecular weight excluding hydrogens is 620 g/mol. The van der Waals surface area contributed by atoms with E-state index in [9.17, 15) is 39.3 Å². The highest BCUT2D eigenvalue weighted by Gasteiger charge is 2.33. The number of amides is 4. The van der Waals surface area contributed by atoms with Gasteiger partial charge in [-0.2, -0.15) is 0 Å². The molecule has 0 aliphatic heterocycles. The van der Waals surface area contributed by atoms with Gasteiger partial charge >= 0.3 is 5.97 Å². The molecule has 1 aromatic heterocycles. The fourth-order valence-electron chi connectivity index (χ4n) is 5.26. The summed E-state index contributed by atoms with van der Waals surface area (Å²) >= 11 is 0. The molecule has 0 fully saturated rings. The molecule has 0 radical (unpaired) electrons. The molecule has 10 N–H and O–H groups in total. The normalized spacial score (nSPS) is 14.2. The maximum atomic E-state index is 14.0. The summed E-state index contributed by atoms with van der Waals surface area (Å²) in [6.45, 7) is 5.54. The first-order chi connectivity index (χ1) is 22.9. The number of hydrogen-bond acceptors (Lipinski definition) is 8. The minimum atomic E-state index is -1.22. The van der Waals surface area contributed by atoms with E-state index >= 15 is 0 Å². The largest absolute Gasteiger partial charge is 0.508 e. The van der Waals surface area contributed by atoms with Gasteiger partial charge in [-0.15, -0.1) is 0 Å². The zero-order chi connectivity index (χ0) is 35.4. The van der Waals surface area contributed by atoms with Crippen molar-refractivity contribution in [2.24, 2.45) is 11.7 Å². The number of fused-ring (bicyclic) bond motifs is 1. The summed E-state index contributed by atoms with van der Waals surface area (Å²) in [6, 6.07) is 6.22. The first-order valence-corrected chi connectivity index (χ1v) is 16.1. The number of carboxylic acids is 1. The molecule has 0 aliphatic carbocycles. The zero-order valence-corrected chi connectivity index (χ0v) is 27.4. The van der Waals surface area contributed by atoms with Crippen molar-refractivity contribution in [1.29, 1.82) is 0 Å². The highest BCUT2D eigenvalue weighted by atomic mass is 16.4. The van der Waals surface area contributed by atoms with Gasteiger partial charge in [0.15, 0.2) is 0 Å². The smallest absolute Gasteiger partial charge is 0.326 e. The average molecular weight is 667 g/mol. The minimum Gasteiger partial charge on any atom is -0.508 e. The fraction of sp³-hybridized carbons (Fsp3) is 0.441. The van der Waals surface area contributed by atoms with E-state index in [1.165, 1.54) is 6.07 Å². The van der Waals surface area contributed by atoms with E-state index in [1.54, 1.807) is 20.0 Å². The lowest BCUT2D eigenvalue weighted by Crippen LogP contribution is -2.59. The predicted octanol–water partition coefficient (Wildman–Crippen LogP) is 2.04. The molecule has 3 rings (SSSR count). The zero-order valence-electron chi connectivity index (χ0n) is 27.4. The van der Waals surface area contributed by atoms with Crippen LogP contribution in [0.1, 0.15) is 68.8 Å². The number of aromatic nitrogens is 1. The van der Waals surface area contributed by atoms with E-state index in [-0.39, 0.29) is 36.5 Å². The van der Waals surface area contributed by atoms with E-state index in [1.807, 2.05) is 31.2 Å². The molecule has 0 bridgehead atoms. The number of H-pyrrole nitrogens is 1. The maximum Gasteiger partial charge on any atom is 0.326 e. The summed E-state index contributed by atoms with van der Waals surface area (Å²) < 4.78 is 0. The number of phenolic OH excluding ortho intramolecular Hbond substituents is 2. The summed E-state index contributed by atoms with van der Waals surface area (Å²) in [7, 11) is 0. The number of para-hydroxylation sites is 1. The molecule has 48 heavy (non-hydrogen) atoms. The highest BCUT2D eigenvalue weighted by molar-refractivity contribution is 6.01. The van der Waals surface area contributed by atoms with Crippen molar-refractivity contribution in [3.8, 4) is 11.5 Å². The lowest BCUT2D eigenvalue weighted by atomic mass is 9.96. The molecule has 0 unspecified atom stereocenters. The molecule has 2 aromatic carbocycles. The van der Waals surface area contributed by atoms with Crippen molar-refractivity contribution < 1.29 is 39.3 Å². The first-order valence-electron chi connectivity index (χ1n) is 16.1. The Balaban J connectivity index is 1.93. The van der Waals surface area contributed by atoms with Gasteiger partial charge < -0.3 is 47.3 Å². The van der Waals surface area contributed by atoms with Gasteiger partial charge in [-0.3, -0.25) is 19.2 Å². The van der Waals surface area contributed by atoms with Crippen LogP contribution in [0.15, 0.2) is 48.7 Å². The van der Waals surface area contributed by atoms with Crippen LogP contribution >= 0.6 is 0 Å². The van der Waals surface area contributed by atoms with Crippen molar-refractivity contribution in [1.82, 2.24) is 26.3 Å². The predicted molar refractivity (Wildman–Crippen MR) is 179 cm³/mol. The van der Waals surface area contributed by atoms with Crippen LogP contribution in [0.2, 0.25) is 0 Å². The van der Waals surface area contributed by atoms with Gasteiger partial charge in [0.2, 0.25) is 17.7 Å². The number of benzene rings is 2. The number of rotatable bonds is 18. The Hall–Kier alpha value is -5.11. The van der Waals surface area contributed by atoms with Gasteiger partial charge in [-0.25, -0.2) is 4.79 Å². The number of aliphatic carboxylic acids is 1. The molecule has 1 heterocycles. The Bertz CT molecular complexity index is 1590. The lowest BCUT2D eigenvalue weighted by Gasteiger charge is -2.28. The Labute approximate surface area is 278 Å². The van der Waals surface area contributed by atoms with Crippen LogP contribution in [0.4, 0.5) is 0 Å². The molecular formula is C34H46N6O8. The van der Waals surface area contributed by atoms with E-state index in [4.69, 9.17) is 5.73 Å². The lowest BCUT2D eigenvalue weighted by molar-refractivity contribution is -0.142. The fourth-order valence-corrected chi connectivity index (χ4v) is 5.26. The summed E-state index contributed by atoms with van der Waals surface area (Å²) in [4.78, 5) is 69.0. The van der Waals surface area contributed by atoms with Crippen LogP contribution in [-0.2, 0) is 25.6 Å². The molecule has 0 saturated heterocycles. The highest BCUT2D eigenvalue weighted by Crippen LogP contribution is 2.23. The summed E-state index contributed by atoms with van der Waals surface area (Å²) in [6.07, 6.45) is 3.52. The second kappa shape index (κ2) is 17.7. The SMILES string of the molecule is CC[C@H](NC(=O)[C@@H](NC(=O)[C@H](Cc1c[nH]c2ccccc12)NC(=O)[C@H](CCCCN)NC(=O)c1cc(O)ccc1O)[C@@H](C)CC)C(=O)O. The number of unbranched alkanes of at least 4 members (excludes halogenated alkanes) is 1. The molecule has 3 aromatic rings. The van der Waals surface area contributed by atoms with Crippen molar-refractivity contribution in [2.45, 2.75) is 83.5 Å². The number of carbonyl (C=O) groups is 5. The third-order valence-corrected chi connectivity index (χ3v) is 8.34. The van der Waals surface area contributed by atoms with Crippen LogP contribution in [0.5, 0.6) is 11.5 Å². The quantitative estimate of drug-likeness (QED) is 0.0712. The Kier molecular flexibility index (Phi) is 13.8. The van der Waals surface area contributed by atoms with Crippen molar-refractivity contribution in [3.05, 3.63) is 59.8 Å². The van der Waals surface area contributed by atoms with E-state index in [2.05, 4.69) is 26.3 Å². The number of phenols is 2. The summed E-state index contributed by atoms with van der Waals surface area (Å²) in [5.41, 5.74) is 6.93. The Morgan fingerprint density at radius 1 is 0.833 bits per heavy atom. The van der Waals surface area contributed by atoms with Crippen LogP contribution in [0.3, 0.4) is 0 Å². The van der Waals surface area contributed by atoms with E-state index in [0.717, 1.165) is 23.0 Å². The number of carboxylic acid groups (broad SMARTS) is 1. The molecule has 0 aliphatic rings. The second-order valence-electron chi connectivity index (χ2n) is 11.8. The maximum absolute atomic E-state index is 14.0. The van der Waals surface area contributed by atoms with E-state index in [0.29, 0.717) is 31.4 Å². The van der Waals surface area contributed by atoms with Gasteiger partial charge in [0.05, 0.1) is 5.56 Å². The summed E-state index contributed by atoms with van der Waals surface area (Å²) in [5, 5.41) is 40.9. The number of nitrogens with two attached hydrogens (primary N) is 1. The monoisotopic (exact) mass is 666 g/mol. The molecule has 5 atom stereocenters. The number of nitrogens with one attached hydrogen (secondary N) is 5. The van der Waals surface area contributed by atoms with Crippen LogP contribution < -0.4 is 27.0 Å². The van der Waals surface area contributed by atoms with Gasteiger partial charge in [0, 0.05) is 23.5 Å². The third kappa shape index (κ3) is 9.94. The molecule has 0 spiro atoms. The van der Waals surface area contributed by atoms with Crippen molar-refractivity contribution in [3.63, 3.8) is 0 Å². The van der Waals surface area contributed by atoms with Gasteiger partial charge in [-0.05, 0) is 68.0 Å². The number of aromatic hydroxyl groups is 2. The standard InChI is InChI=1S/C34H46N6O8/c1-4-19(3)29(33(46)37-24(5-2)34(47)48)40-32(45)27(16-20-18-36-25-11-7-6-10-22(20)25)39-31(44)26(12-8-9-15-35)38-30(43)23-17-21(41)13-14-28(23)42/h6-7,10-11,13-14,17-19,24,26-27,29,36,41-42H,4-5,8-9,12,15-16,35H2,1-3H3,(H,37,46)(H,38,43)(H,39,44)(H,40,45)(H,47,48)/t19-,24-,26-,27-,29-/m0/s1. The molecule has 14 nitrogen and oxygen atoms in total. The Morgan fingerprint density at radius 3 is 2.19 bits per heavy atom. The van der Waals surface area contributed by atoms with E-state index < -0.39 is 59.5 Å². The molecule has 14 heteroatoms. The van der Waals surface area contributed by atoms with Crippen LogP contribution in [0.25, 0.3) is 10.9 Å². The molecule has 0 saturated carbocycles. The van der Waals surface area contributed by atoms with Crippen LogP contribution in [0, 0.1) is 5.92 Å². The van der Waals surface area contributed by atoms with Crippen molar-refractivity contribution in [2.75, 3.05) is 6.54 Å². The first kappa shape index (κ1) is 37.3. The number of carbonyl (C=O) groups excluding carboxylic acids is 4. The number of aromatic amines is 1. The third-order valence-electron chi connectivity index (χ3n) is 8.34. The van der Waals surface area contributed by atoms with Gasteiger partial charge in [0.1, 0.15) is 35.7 Å². The van der Waals surface area contributed by atoms with Crippen molar-refractivity contribution >= 4 is 40.5 Å². The van der Waals surface area contributed by atoms with Gasteiger partial charge in [0.25, 0.3) is 5.91 Å². The summed E-state index contributed by atoms with van der Waals surface area (Å²) in [5.74, 6) is -5.10. The minimum absolute atomic E-state index is 0.0138. The molecule has 260 valence electrons. The van der Waals surface area contributed by atoms with Crippen LogP contribution in [-0.4, -0.2) is 80.6 Å². The second-order valence-corrected chi connectivity index (χ2v) is 11.8. The average Bonchev–Trinajstić information content (AvgIpc) is 3.48. The molecule has 4 amide bonds. The topological polar surface area (TPSA) is 236 Å². The van der Waals surface area contributed by atoms with Gasteiger partial charge in [-0.1, -0.05) is 45.4 Å².